The molecule has 0 bridgehead atoms. The molecule has 19 heavy (non-hydrogen) atoms. The molecule has 1 aliphatic rings. The third-order valence-electron chi connectivity index (χ3n) is 2.77. The Balaban J connectivity index is 1.86. The quantitative estimate of drug-likeness (QED) is 0.856. The maximum atomic E-state index is 12.2. The smallest absolute Gasteiger partial charge is 0.387 e. The molecular weight excluding hydrogens is 252 g/mol. The van der Waals surface area contributed by atoms with Gasteiger partial charge in [0.2, 0.25) is 0 Å². The van der Waals surface area contributed by atoms with Crippen LogP contribution in [0.5, 0.6) is 5.75 Å². The van der Waals surface area contributed by atoms with Crippen LogP contribution < -0.4 is 15.4 Å². The van der Waals surface area contributed by atoms with Gasteiger partial charge in [-0.05, 0) is 24.5 Å². The van der Waals surface area contributed by atoms with Gasteiger partial charge in [-0.1, -0.05) is 18.2 Å². The second-order valence-electron chi connectivity index (χ2n) is 4.17. The summed E-state index contributed by atoms with van der Waals surface area (Å²) in [5.41, 5.74) is 0.756. The lowest BCUT2D eigenvalue weighted by Crippen LogP contribution is -2.41. The number of halogens is 2. The highest BCUT2D eigenvalue weighted by molar-refractivity contribution is 5.80. The topological polar surface area (TPSA) is 45.6 Å². The van der Waals surface area contributed by atoms with Crippen molar-refractivity contribution >= 4 is 5.96 Å². The Labute approximate surface area is 110 Å². The number of alkyl halides is 2. The van der Waals surface area contributed by atoms with E-state index in [0.717, 1.165) is 31.0 Å². The molecule has 0 unspecified atom stereocenters. The van der Waals surface area contributed by atoms with Gasteiger partial charge in [-0.25, -0.2) is 0 Å². The summed E-state index contributed by atoms with van der Waals surface area (Å²) < 4.78 is 29.0. The first-order valence-electron chi connectivity index (χ1n) is 6.30. The number of rotatable bonds is 5. The molecule has 0 saturated carbocycles. The van der Waals surface area contributed by atoms with E-state index in [1.54, 1.807) is 18.2 Å². The average molecular weight is 269 g/mol. The van der Waals surface area contributed by atoms with Crippen LogP contribution in [-0.4, -0.2) is 32.2 Å². The van der Waals surface area contributed by atoms with E-state index in [-0.39, 0.29) is 5.75 Å². The molecule has 0 aromatic heterocycles. The first kappa shape index (κ1) is 13.6. The Hall–Kier alpha value is -1.85. The molecule has 0 saturated heterocycles. The largest absolute Gasteiger partial charge is 0.435 e. The number of hydrogen-bond acceptors (Lipinski definition) is 4. The van der Waals surface area contributed by atoms with E-state index >= 15 is 0 Å². The minimum absolute atomic E-state index is 0.234. The standard InChI is InChI=1S/C13H17F2N3O/c14-12(15)19-11-5-2-1-4-10(11)6-9-18-13-16-7-3-8-17-13/h1-2,4-5,12H,3,6-9H2,(H2,16,17,18). The van der Waals surface area contributed by atoms with Crippen molar-refractivity contribution in [2.24, 2.45) is 4.99 Å². The summed E-state index contributed by atoms with van der Waals surface area (Å²) in [5.74, 6) is 1.01. The van der Waals surface area contributed by atoms with Crippen molar-refractivity contribution in [2.45, 2.75) is 19.5 Å². The molecule has 0 aliphatic carbocycles. The van der Waals surface area contributed by atoms with Gasteiger partial charge in [0.05, 0.1) is 0 Å². The summed E-state index contributed by atoms with van der Waals surface area (Å²) >= 11 is 0. The van der Waals surface area contributed by atoms with Crippen LogP contribution in [0.4, 0.5) is 8.78 Å². The van der Waals surface area contributed by atoms with Crippen LogP contribution in [0.2, 0.25) is 0 Å². The van der Waals surface area contributed by atoms with E-state index in [2.05, 4.69) is 20.4 Å². The molecule has 0 radical (unpaired) electrons. The summed E-state index contributed by atoms with van der Waals surface area (Å²) in [5, 5.41) is 6.29. The van der Waals surface area contributed by atoms with Crippen molar-refractivity contribution in [3.8, 4) is 5.75 Å². The molecule has 1 heterocycles. The van der Waals surface area contributed by atoms with Crippen molar-refractivity contribution in [3.63, 3.8) is 0 Å². The predicted molar refractivity (Wildman–Crippen MR) is 69.7 cm³/mol. The highest BCUT2D eigenvalue weighted by Gasteiger charge is 2.09. The fraction of sp³-hybridized carbons (Fsp3) is 0.462. The number of aliphatic imine (C=N–C) groups is 1. The van der Waals surface area contributed by atoms with Crippen molar-refractivity contribution < 1.29 is 13.5 Å². The highest BCUT2D eigenvalue weighted by Crippen LogP contribution is 2.20. The Morgan fingerprint density at radius 2 is 2.21 bits per heavy atom. The van der Waals surface area contributed by atoms with Gasteiger partial charge in [-0.2, -0.15) is 8.78 Å². The van der Waals surface area contributed by atoms with Crippen LogP contribution in [0.15, 0.2) is 29.3 Å². The maximum Gasteiger partial charge on any atom is 0.387 e. The maximum absolute atomic E-state index is 12.2. The number of ether oxygens (including phenoxy) is 1. The summed E-state index contributed by atoms with van der Waals surface area (Å²) in [6.07, 6.45) is 1.64. The third-order valence-corrected chi connectivity index (χ3v) is 2.77. The Kier molecular flexibility index (Phi) is 4.94. The molecule has 0 atom stereocenters. The lowest BCUT2D eigenvalue weighted by molar-refractivity contribution is -0.0504. The molecule has 4 nitrogen and oxygen atoms in total. The highest BCUT2D eigenvalue weighted by atomic mass is 19.3. The van der Waals surface area contributed by atoms with Gasteiger partial charge in [0.1, 0.15) is 5.75 Å². The molecule has 0 amide bonds. The molecule has 6 heteroatoms. The summed E-state index contributed by atoms with van der Waals surface area (Å²) in [7, 11) is 0. The molecule has 0 spiro atoms. The summed E-state index contributed by atoms with van der Waals surface area (Å²) in [4.78, 5) is 4.27. The number of nitrogens with zero attached hydrogens (tertiary/aromatic N) is 1. The zero-order valence-corrected chi connectivity index (χ0v) is 10.5. The minimum Gasteiger partial charge on any atom is -0.435 e. The van der Waals surface area contributed by atoms with E-state index in [0.29, 0.717) is 13.0 Å². The van der Waals surface area contributed by atoms with Crippen LogP contribution in [0, 0.1) is 0 Å². The van der Waals surface area contributed by atoms with E-state index in [9.17, 15) is 8.78 Å². The van der Waals surface area contributed by atoms with Crippen molar-refractivity contribution in [2.75, 3.05) is 19.6 Å². The molecule has 1 aliphatic heterocycles. The fourth-order valence-electron chi connectivity index (χ4n) is 1.89. The Morgan fingerprint density at radius 1 is 1.37 bits per heavy atom. The first-order valence-corrected chi connectivity index (χ1v) is 6.30. The number of benzene rings is 1. The van der Waals surface area contributed by atoms with Crippen molar-refractivity contribution in [1.82, 2.24) is 10.6 Å². The van der Waals surface area contributed by atoms with Crippen molar-refractivity contribution in [1.29, 1.82) is 0 Å². The van der Waals surface area contributed by atoms with Crippen LogP contribution in [-0.2, 0) is 6.42 Å². The van der Waals surface area contributed by atoms with Crippen LogP contribution in [0.3, 0.4) is 0 Å². The number of hydrogen-bond donors (Lipinski definition) is 2. The molecule has 0 fully saturated rings. The predicted octanol–water partition coefficient (Wildman–Crippen LogP) is 1.77. The van der Waals surface area contributed by atoms with Crippen molar-refractivity contribution in [3.05, 3.63) is 29.8 Å². The summed E-state index contributed by atoms with van der Waals surface area (Å²) in [6.45, 7) is -0.439. The van der Waals surface area contributed by atoms with E-state index < -0.39 is 6.61 Å². The molecule has 1 aromatic rings. The van der Waals surface area contributed by atoms with Gasteiger partial charge in [0, 0.05) is 19.6 Å². The second-order valence-corrected chi connectivity index (χ2v) is 4.17. The van der Waals surface area contributed by atoms with Crippen LogP contribution >= 0.6 is 0 Å². The molecular formula is C13H17F2N3O. The lowest BCUT2D eigenvalue weighted by Gasteiger charge is -2.16. The molecule has 1 aromatic carbocycles. The Morgan fingerprint density at radius 3 is 2.95 bits per heavy atom. The monoisotopic (exact) mass is 269 g/mol. The zero-order chi connectivity index (χ0) is 13.5. The number of guanidine groups is 1. The zero-order valence-electron chi connectivity index (χ0n) is 10.5. The average Bonchev–Trinajstić information content (AvgIpc) is 2.41. The van der Waals surface area contributed by atoms with Gasteiger partial charge >= 0.3 is 6.61 Å². The van der Waals surface area contributed by atoms with Gasteiger partial charge in [0.15, 0.2) is 5.96 Å². The first-order chi connectivity index (χ1) is 9.25. The van der Waals surface area contributed by atoms with Crippen LogP contribution in [0.25, 0.3) is 0 Å². The number of nitrogens with one attached hydrogen (secondary N) is 2. The summed E-state index contributed by atoms with van der Waals surface area (Å²) in [6, 6.07) is 6.83. The van der Waals surface area contributed by atoms with Gasteiger partial charge in [0.25, 0.3) is 0 Å². The lowest BCUT2D eigenvalue weighted by atomic mass is 10.1. The van der Waals surface area contributed by atoms with Gasteiger partial charge in [-0.15, -0.1) is 0 Å². The molecule has 104 valence electrons. The minimum atomic E-state index is -2.79. The second kappa shape index (κ2) is 6.92. The van der Waals surface area contributed by atoms with Crippen LogP contribution in [0.1, 0.15) is 12.0 Å². The Bertz CT molecular complexity index is 438. The SMILES string of the molecule is FC(F)Oc1ccccc1CCNC1=NCCCN1. The van der Waals surface area contributed by atoms with Gasteiger partial charge in [-0.3, -0.25) is 4.99 Å². The normalized spacial score (nSPS) is 14.8. The fourth-order valence-corrected chi connectivity index (χ4v) is 1.89. The van der Waals surface area contributed by atoms with E-state index in [1.165, 1.54) is 0 Å². The van der Waals surface area contributed by atoms with E-state index in [1.807, 2.05) is 6.07 Å². The van der Waals surface area contributed by atoms with E-state index in [4.69, 9.17) is 0 Å². The third kappa shape index (κ3) is 4.39. The number of para-hydroxylation sites is 1. The molecule has 2 N–H and O–H groups in total. The molecule has 2 rings (SSSR count). The van der Waals surface area contributed by atoms with Gasteiger partial charge < -0.3 is 15.4 Å².